The molecule has 7 nitrogen and oxygen atoms in total. The summed E-state index contributed by atoms with van der Waals surface area (Å²) >= 11 is 0. The van der Waals surface area contributed by atoms with Crippen LogP contribution in [0.3, 0.4) is 0 Å². The fourth-order valence-electron chi connectivity index (χ4n) is 3.40. The summed E-state index contributed by atoms with van der Waals surface area (Å²) in [7, 11) is 0. The van der Waals surface area contributed by atoms with Gasteiger partial charge in [-0.2, -0.15) is 5.10 Å². The van der Waals surface area contributed by atoms with Gasteiger partial charge in [0, 0.05) is 30.0 Å². The zero-order chi connectivity index (χ0) is 18.5. The lowest BCUT2D eigenvalue weighted by Gasteiger charge is -2.16. The number of allylic oxidation sites excluding steroid dienone is 1. The Morgan fingerprint density at radius 2 is 2.15 bits per heavy atom. The van der Waals surface area contributed by atoms with Crippen LogP contribution in [0.2, 0.25) is 0 Å². The van der Waals surface area contributed by atoms with Crippen molar-refractivity contribution in [1.29, 1.82) is 0 Å². The molecule has 0 aliphatic carbocycles. The van der Waals surface area contributed by atoms with Gasteiger partial charge in [-0.05, 0) is 50.1 Å². The van der Waals surface area contributed by atoms with Gasteiger partial charge >= 0.3 is 0 Å². The molecule has 0 bridgehead atoms. The Balaban J connectivity index is 1.92. The lowest BCUT2D eigenvalue weighted by molar-refractivity contribution is -0.120. The molecule has 7 heteroatoms. The molecule has 1 aromatic rings. The maximum atomic E-state index is 12.0. The number of carbonyl (C=O) groups excluding carboxylic acids is 1. The van der Waals surface area contributed by atoms with E-state index in [1.165, 1.54) is 16.8 Å². The third-order valence-corrected chi connectivity index (χ3v) is 4.69. The molecule has 1 amide bonds. The second-order valence-corrected chi connectivity index (χ2v) is 6.34. The summed E-state index contributed by atoms with van der Waals surface area (Å²) in [4.78, 5) is 19.9. The SMILES string of the molecule is CCNCCc1c(C)[nH]c(C=C2NC=CN=C2C2C=NNC2=O)c1CC. The number of likely N-dealkylation sites (N-methyl/N-ethyl adjacent to an activating group) is 1. The number of nitrogens with one attached hydrogen (secondary N) is 4. The molecule has 1 aromatic heterocycles. The highest BCUT2D eigenvalue weighted by molar-refractivity contribution is 6.24. The second-order valence-electron chi connectivity index (χ2n) is 6.34. The van der Waals surface area contributed by atoms with Crippen LogP contribution in [0.5, 0.6) is 0 Å². The number of nitrogens with zero attached hydrogens (tertiary/aromatic N) is 2. The molecule has 0 aromatic carbocycles. The largest absolute Gasteiger partial charge is 0.359 e. The van der Waals surface area contributed by atoms with Gasteiger partial charge in [0.2, 0.25) is 0 Å². The van der Waals surface area contributed by atoms with Crippen molar-refractivity contribution in [3.63, 3.8) is 0 Å². The zero-order valence-electron chi connectivity index (χ0n) is 15.5. The van der Waals surface area contributed by atoms with Crippen LogP contribution in [0.25, 0.3) is 6.08 Å². The van der Waals surface area contributed by atoms with Gasteiger partial charge in [0.05, 0.1) is 11.4 Å². The van der Waals surface area contributed by atoms with Crippen molar-refractivity contribution in [2.75, 3.05) is 13.1 Å². The second kappa shape index (κ2) is 8.14. The Hall–Kier alpha value is -2.67. The lowest BCUT2D eigenvalue weighted by Crippen LogP contribution is -2.32. The summed E-state index contributed by atoms with van der Waals surface area (Å²) in [6, 6.07) is 0. The highest BCUT2D eigenvalue weighted by Crippen LogP contribution is 2.24. The molecule has 138 valence electrons. The first-order chi connectivity index (χ1) is 12.7. The monoisotopic (exact) mass is 354 g/mol. The molecule has 0 spiro atoms. The molecule has 4 N–H and O–H groups in total. The highest BCUT2D eigenvalue weighted by Gasteiger charge is 2.29. The van der Waals surface area contributed by atoms with E-state index >= 15 is 0 Å². The summed E-state index contributed by atoms with van der Waals surface area (Å²) in [5, 5.41) is 10.5. The Bertz CT molecular complexity index is 799. The van der Waals surface area contributed by atoms with Crippen molar-refractivity contribution in [1.82, 2.24) is 21.0 Å². The summed E-state index contributed by atoms with van der Waals surface area (Å²) in [6.07, 6.45) is 9.01. The molecule has 2 aliphatic heterocycles. The topological polar surface area (TPSA) is 93.7 Å². The van der Waals surface area contributed by atoms with E-state index in [0.717, 1.165) is 37.3 Å². The molecular formula is C19H26N6O. The van der Waals surface area contributed by atoms with E-state index in [2.05, 4.69) is 51.9 Å². The maximum absolute atomic E-state index is 12.0. The fraction of sp³-hybridized carbons (Fsp3) is 0.421. The molecular weight excluding hydrogens is 328 g/mol. The summed E-state index contributed by atoms with van der Waals surface area (Å²) in [6.45, 7) is 8.34. The maximum Gasteiger partial charge on any atom is 0.254 e. The van der Waals surface area contributed by atoms with E-state index in [9.17, 15) is 4.79 Å². The van der Waals surface area contributed by atoms with E-state index < -0.39 is 5.92 Å². The van der Waals surface area contributed by atoms with Crippen LogP contribution in [0, 0.1) is 12.8 Å². The van der Waals surface area contributed by atoms with Gasteiger partial charge in [-0.25, -0.2) is 5.43 Å². The number of H-pyrrole nitrogens is 1. The van der Waals surface area contributed by atoms with Gasteiger partial charge in [-0.15, -0.1) is 0 Å². The molecule has 3 heterocycles. The van der Waals surface area contributed by atoms with Crippen LogP contribution in [0.1, 0.15) is 36.4 Å². The van der Waals surface area contributed by atoms with Crippen LogP contribution >= 0.6 is 0 Å². The zero-order valence-corrected chi connectivity index (χ0v) is 15.5. The predicted octanol–water partition coefficient (Wildman–Crippen LogP) is 1.63. The average molecular weight is 354 g/mol. The standard InChI is InChI=1S/C19H26N6O/c1-4-13-14(6-7-20-5-2)12(3)24-16(13)10-17-18(22-9-8-21-17)15-11-23-25-19(15)26/h8-11,15,20-21,24H,4-7H2,1-3H3,(H,25,26). The molecule has 1 unspecified atom stereocenters. The van der Waals surface area contributed by atoms with E-state index in [0.29, 0.717) is 5.71 Å². The summed E-state index contributed by atoms with van der Waals surface area (Å²) in [5.41, 5.74) is 8.90. The Kier molecular flexibility index (Phi) is 5.68. The van der Waals surface area contributed by atoms with Crippen molar-refractivity contribution >= 4 is 23.9 Å². The van der Waals surface area contributed by atoms with Gasteiger partial charge in [0.1, 0.15) is 5.92 Å². The molecule has 0 saturated heterocycles. The quantitative estimate of drug-likeness (QED) is 0.561. The molecule has 3 rings (SSSR count). The molecule has 26 heavy (non-hydrogen) atoms. The van der Waals surface area contributed by atoms with Crippen molar-refractivity contribution in [2.45, 2.75) is 33.6 Å². The minimum Gasteiger partial charge on any atom is -0.359 e. The number of amides is 1. The van der Waals surface area contributed by atoms with Crippen molar-refractivity contribution in [2.24, 2.45) is 16.0 Å². The molecule has 2 aliphatic rings. The molecule has 1 atom stereocenters. The third kappa shape index (κ3) is 3.62. The number of aryl methyl sites for hydroxylation is 1. The Morgan fingerprint density at radius 3 is 2.85 bits per heavy atom. The molecule has 0 saturated carbocycles. The lowest BCUT2D eigenvalue weighted by atomic mass is 9.98. The van der Waals surface area contributed by atoms with E-state index in [4.69, 9.17) is 0 Å². The predicted molar refractivity (Wildman–Crippen MR) is 105 cm³/mol. The molecule has 0 radical (unpaired) electrons. The minimum atomic E-state index is -0.465. The number of hydrogen-bond donors (Lipinski definition) is 4. The van der Waals surface area contributed by atoms with Crippen LogP contribution < -0.4 is 16.1 Å². The summed E-state index contributed by atoms with van der Waals surface area (Å²) in [5.74, 6) is -0.621. The number of hydrazone groups is 1. The summed E-state index contributed by atoms with van der Waals surface area (Å²) < 4.78 is 0. The van der Waals surface area contributed by atoms with Crippen molar-refractivity contribution in [3.8, 4) is 0 Å². The first-order valence-electron chi connectivity index (χ1n) is 9.11. The van der Waals surface area contributed by atoms with Crippen molar-refractivity contribution < 1.29 is 4.79 Å². The number of hydrogen-bond acceptors (Lipinski definition) is 5. The normalized spacial score (nSPS) is 20.4. The fourth-order valence-corrected chi connectivity index (χ4v) is 3.40. The van der Waals surface area contributed by atoms with E-state index in [1.807, 2.05) is 6.08 Å². The van der Waals surface area contributed by atoms with E-state index in [1.54, 1.807) is 18.6 Å². The number of carbonyl (C=O) groups is 1. The third-order valence-electron chi connectivity index (χ3n) is 4.69. The van der Waals surface area contributed by atoms with Crippen molar-refractivity contribution in [3.05, 3.63) is 40.6 Å². The number of rotatable bonds is 7. The first kappa shape index (κ1) is 18.1. The van der Waals surface area contributed by atoms with Crippen LogP contribution in [-0.4, -0.2) is 35.9 Å². The van der Waals surface area contributed by atoms with Crippen LogP contribution in [0.4, 0.5) is 0 Å². The number of aromatic nitrogens is 1. The first-order valence-corrected chi connectivity index (χ1v) is 9.11. The number of aromatic amines is 1. The van der Waals surface area contributed by atoms with Crippen LogP contribution in [-0.2, 0) is 17.6 Å². The highest BCUT2D eigenvalue weighted by atomic mass is 16.2. The molecule has 0 fully saturated rings. The van der Waals surface area contributed by atoms with E-state index in [-0.39, 0.29) is 5.91 Å². The Morgan fingerprint density at radius 1 is 1.31 bits per heavy atom. The number of aliphatic imine (C=N–C) groups is 1. The average Bonchev–Trinajstić information content (AvgIpc) is 3.19. The minimum absolute atomic E-state index is 0.156. The van der Waals surface area contributed by atoms with Gasteiger partial charge < -0.3 is 15.6 Å². The van der Waals surface area contributed by atoms with Gasteiger partial charge in [-0.3, -0.25) is 9.79 Å². The Labute approximate surface area is 153 Å². The smallest absolute Gasteiger partial charge is 0.254 e. The van der Waals surface area contributed by atoms with Gasteiger partial charge in [-0.1, -0.05) is 13.8 Å². The van der Waals surface area contributed by atoms with Gasteiger partial charge in [0.15, 0.2) is 0 Å². The van der Waals surface area contributed by atoms with Crippen LogP contribution in [0.15, 0.2) is 28.2 Å². The van der Waals surface area contributed by atoms with Gasteiger partial charge in [0.25, 0.3) is 5.91 Å².